The lowest BCUT2D eigenvalue weighted by Crippen LogP contribution is -2.48. The average molecular weight is 212 g/mol. The summed E-state index contributed by atoms with van der Waals surface area (Å²) in [4.78, 5) is 15.1. The maximum Gasteiger partial charge on any atom is 0.317 e. The zero-order chi connectivity index (χ0) is 10.8. The summed E-state index contributed by atoms with van der Waals surface area (Å²) < 4.78 is 0. The van der Waals surface area contributed by atoms with Crippen molar-refractivity contribution in [1.29, 1.82) is 0 Å². The molecular formula is C11H20N2O2. The molecule has 1 saturated heterocycles. The van der Waals surface area contributed by atoms with Gasteiger partial charge < -0.3 is 5.11 Å². The quantitative estimate of drug-likeness (QED) is 0.742. The molecule has 15 heavy (non-hydrogen) atoms. The van der Waals surface area contributed by atoms with Crippen LogP contribution >= 0.6 is 0 Å². The fraction of sp³-hybridized carbons (Fsp3) is 0.909. The molecule has 1 N–H and O–H groups in total. The van der Waals surface area contributed by atoms with Crippen LogP contribution in [0.4, 0.5) is 0 Å². The Morgan fingerprint density at radius 3 is 2.80 bits per heavy atom. The second-order valence-electron chi connectivity index (χ2n) is 4.83. The van der Waals surface area contributed by atoms with Gasteiger partial charge in [-0.15, -0.1) is 0 Å². The third kappa shape index (κ3) is 2.92. The lowest BCUT2D eigenvalue weighted by molar-refractivity contribution is -0.138. The first-order valence-electron chi connectivity index (χ1n) is 5.83. The van der Waals surface area contributed by atoms with Gasteiger partial charge in [-0.05, 0) is 39.3 Å². The molecular weight excluding hydrogens is 192 g/mol. The Bertz CT molecular complexity index is 241. The lowest BCUT2D eigenvalue weighted by Gasteiger charge is -2.37. The number of likely N-dealkylation sites (N-methyl/N-ethyl adjacent to an activating group) is 1. The minimum absolute atomic E-state index is 0.170. The summed E-state index contributed by atoms with van der Waals surface area (Å²) >= 11 is 0. The molecule has 1 saturated carbocycles. The molecule has 86 valence electrons. The molecule has 0 aromatic rings. The number of hydrogen-bond acceptors (Lipinski definition) is 3. The highest BCUT2D eigenvalue weighted by Crippen LogP contribution is 2.30. The van der Waals surface area contributed by atoms with Crippen LogP contribution in [-0.4, -0.2) is 59.6 Å². The highest BCUT2D eigenvalue weighted by Gasteiger charge is 2.33. The first kappa shape index (κ1) is 10.9. The van der Waals surface area contributed by atoms with Crippen LogP contribution in [0.15, 0.2) is 0 Å². The van der Waals surface area contributed by atoms with Gasteiger partial charge in [0.1, 0.15) is 0 Å². The van der Waals surface area contributed by atoms with Gasteiger partial charge in [0.15, 0.2) is 0 Å². The minimum atomic E-state index is -0.721. The monoisotopic (exact) mass is 212 g/mol. The van der Waals surface area contributed by atoms with Crippen molar-refractivity contribution in [2.75, 3.05) is 26.7 Å². The molecule has 2 aliphatic rings. The number of aliphatic carboxylic acids is 1. The zero-order valence-corrected chi connectivity index (χ0v) is 9.35. The van der Waals surface area contributed by atoms with E-state index in [0.717, 1.165) is 19.0 Å². The molecule has 1 heterocycles. The van der Waals surface area contributed by atoms with Crippen molar-refractivity contribution >= 4 is 5.97 Å². The van der Waals surface area contributed by atoms with E-state index in [0.29, 0.717) is 6.04 Å². The highest BCUT2D eigenvalue weighted by molar-refractivity contribution is 5.69. The Labute approximate surface area is 90.9 Å². The summed E-state index contributed by atoms with van der Waals surface area (Å²) in [6.45, 7) is 2.44. The molecule has 1 atom stereocenters. The fourth-order valence-corrected chi connectivity index (χ4v) is 2.46. The maximum absolute atomic E-state index is 10.6. The second kappa shape index (κ2) is 4.49. The molecule has 0 amide bonds. The van der Waals surface area contributed by atoms with Gasteiger partial charge in [0.25, 0.3) is 0 Å². The summed E-state index contributed by atoms with van der Waals surface area (Å²) in [6, 6.07) is 1.25. The van der Waals surface area contributed by atoms with Gasteiger partial charge in [-0.1, -0.05) is 0 Å². The van der Waals surface area contributed by atoms with Crippen LogP contribution in [0.3, 0.4) is 0 Å². The van der Waals surface area contributed by atoms with Crippen LogP contribution in [-0.2, 0) is 4.79 Å². The van der Waals surface area contributed by atoms with Crippen LogP contribution < -0.4 is 0 Å². The van der Waals surface area contributed by atoms with E-state index in [2.05, 4.69) is 4.90 Å². The number of carboxylic acids is 1. The Hall–Kier alpha value is -0.610. The van der Waals surface area contributed by atoms with Crippen molar-refractivity contribution in [3.05, 3.63) is 0 Å². The predicted octanol–water partition coefficient (Wildman–Crippen LogP) is 0.630. The van der Waals surface area contributed by atoms with Crippen LogP contribution in [0.1, 0.15) is 25.7 Å². The largest absolute Gasteiger partial charge is 0.480 e. The molecule has 4 heteroatoms. The van der Waals surface area contributed by atoms with Crippen molar-refractivity contribution in [2.24, 2.45) is 0 Å². The third-order valence-electron chi connectivity index (χ3n) is 3.50. The van der Waals surface area contributed by atoms with Gasteiger partial charge in [-0.25, -0.2) is 0 Å². The number of likely N-dealkylation sites (tertiary alicyclic amines) is 1. The third-order valence-corrected chi connectivity index (χ3v) is 3.50. The van der Waals surface area contributed by atoms with Crippen molar-refractivity contribution in [3.63, 3.8) is 0 Å². The number of carbonyl (C=O) groups is 1. The van der Waals surface area contributed by atoms with Gasteiger partial charge in [-0.3, -0.25) is 14.6 Å². The van der Waals surface area contributed by atoms with Gasteiger partial charge in [-0.2, -0.15) is 0 Å². The van der Waals surface area contributed by atoms with E-state index in [9.17, 15) is 4.79 Å². The van der Waals surface area contributed by atoms with E-state index >= 15 is 0 Å². The molecule has 1 aliphatic carbocycles. The topological polar surface area (TPSA) is 43.8 Å². The fourth-order valence-electron chi connectivity index (χ4n) is 2.46. The molecule has 2 fully saturated rings. The Kier molecular flexibility index (Phi) is 3.26. The molecule has 0 aromatic heterocycles. The molecule has 0 spiro atoms. The second-order valence-corrected chi connectivity index (χ2v) is 4.83. The molecule has 1 unspecified atom stereocenters. The van der Waals surface area contributed by atoms with Crippen LogP contribution in [0.2, 0.25) is 0 Å². The Morgan fingerprint density at radius 1 is 1.47 bits per heavy atom. The first-order chi connectivity index (χ1) is 7.16. The number of carboxylic acid groups (broad SMARTS) is 1. The van der Waals surface area contributed by atoms with Gasteiger partial charge >= 0.3 is 5.97 Å². The van der Waals surface area contributed by atoms with Crippen molar-refractivity contribution in [2.45, 2.75) is 37.8 Å². The minimum Gasteiger partial charge on any atom is -0.480 e. The zero-order valence-electron chi connectivity index (χ0n) is 9.35. The van der Waals surface area contributed by atoms with Crippen molar-refractivity contribution in [3.8, 4) is 0 Å². The van der Waals surface area contributed by atoms with Crippen molar-refractivity contribution < 1.29 is 9.90 Å². The van der Waals surface area contributed by atoms with Gasteiger partial charge in [0.05, 0.1) is 6.54 Å². The number of nitrogens with zero attached hydrogens (tertiary/aromatic N) is 2. The summed E-state index contributed by atoms with van der Waals surface area (Å²) in [6.07, 6.45) is 5.04. The smallest absolute Gasteiger partial charge is 0.317 e. The van der Waals surface area contributed by atoms with Crippen LogP contribution in [0.5, 0.6) is 0 Å². The molecule has 0 bridgehead atoms. The van der Waals surface area contributed by atoms with Gasteiger partial charge in [0, 0.05) is 18.6 Å². The number of hydrogen-bond donors (Lipinski definition) is 1. The van der Waals surface area contributed by atoms with Crippen molar-refractivity contribution in [1.82, 2.24) is 9.80 Å². The van der Waals surface area contributed by atoms with E-state index in [1.165, 1.54) is 25.8 Å². The highest BCUT2D eigenvalue weighted by atomic mass is 16.4. The normalized spacial score (nSPS) is 28.3. The van der Waals surface area contributed by atoms with Crippen LogP contribution in [0, 0.1) is 0 Å². The molecule has 1 aliphatic heterocycles. The molecule has 4 nitrogen and oxygen atoms in total. The standard InChI is InChI=1S/C11H20N2O2/c1-12(8-11(14)15)10-3-2-6-13(7-10)9-4-5-9/h9-10H,2-8H2,1H3,(H,14,15). The molecule has 0 radical (unpaired) electrons. The van der Waals surface area contributed by atoms with E-state index in [1.807, 2.05) is 11.9 Å². The predicted molar refractivity (Wildman–Crippen MR) is 57.9 cm³/mol. The van der Waals surface area contributed by atoms with E-state index in [1.54, 1.807) is 0 Å². The number of piperidine rings is 1. The lowest BCUT2D eigenvalue weighted by atomic mass is 10.0. The molecule has 0 aromatic carbocycles. The van der Waals surface area contributed by atoms with E-state index in [4.69, 9.17) is 5.11 Å². The Morgan fingerprint density at radius 2 is 2.20 bits per heavy atom. The summed E-state index contributed by atoms with van der Waals surface area (Å²) in [5.74, 6) is -0.721. The van der Waals surface area contributed by atoms with Crippen LogP contribution in [0.25, 0.3) is 0 Å². The molecule has 2 rings (SSSR count). The van der Waals surface area contributed by atoms with E-state index < -0.39 is 5.97 Å². The maximum atomic E-state index is 10.6. The SMILES string of the molecule is CN(CC(=O)O)C1CCCN(C2CC2)C1. The first-order valence-corrected chi connectivity index (χ1v) is 5.83. The summed E-state index contributed by atoms with van der Waals surface area (Å²) in [5, 5.41) is 8.75. The van der Waals surface area contributed by atoms with Gasteiger partial charge in [0.2, 0.25) is 0 Å². The number of rotatable bonds is 4. The average Bonchev–Trinajstić information content (AvgIpc) is 3.00. The van der Waals surface area contributed by atoms with E-state index in [-0.39, 0.29) is 6.54 Å². The summed E-state index contributed by atoms with van der Waals surface area (Å²) in [5.41, 5.74) is 0. The summed E-state index contributed by atoms with van der Waals surface area (Å²) in [7, 11) is 1.93. The Balaban J connectivity index is 1.82.